The van der Waals surface area contributed by atoms with Crippen LogP contribution >= 0.6 is 0 Å². The molecule has 16 heavy (non-hydrogen) atoms. The highest BCUT2D eigenvalue weighted by atomic mass is 19.3. The van der Waals surface area contributed by atoms with Crippen LogP contribution in [0.4, 0.5) is 13.2 Å². The minimum absolute atomic E-state index is 0.0355. The summed E-state index contributed by atoms with van der Waals surface area (Å²) in [6.45, 7) is 2.36. The smallest absolute Gasteiger partial charge is 0.267 e. The first-order chi connectivity index (χ1) is 7.49. The second-order valence-corrected chi connectivity index (χ2v) is 4.46. The molecule has 0 spiro atoms. The maximum atomic E-state index is 13.7. The summed E-state index contributed by atoms with van der Waals surface area (Å²) >= 11 is 0. The number of halogens is 3. The normalized spacial score (nSPS) is 29.0. The second kappa shape index (κ2) is 4.09. The average molecular weight is 229 g/mol. The van der Waals surface area contributed by atoms with Gasteiger partial charge in [0.25, 0.3) is 5.92 Å². The summed E-state index contributed by atoms with van der Waals surface area (Å²) in [5.74, 6) is -3.21. The predicted octanol–water partition coefficient (Wildman–Crippen LogP) is 3.13. The molecule has 1 aliphatic heterocycles. The van der Waals surface area contributed by atoms with Gasteiger partial charge in [0.15, 0.2) is 0 Å². The molecule has 0 saturated carbocycles. The highest BCUT2D eigenvalue weighted by molar-refractivity contribution is 5.22. The largest absolute Gasteiger partial charge is 0.305 e. The Kier molecular flexibility index (Phi) is 2.93. The van der Waals surface area contributed by atoms with E-state index in [1.807, 2.05) is 0 Å². The van der Waals surface area contributed by atoms with Crippen LogP contribution in [0.15, 0.2) is 24.3 Å². The summed E-state index contributed by atoms with van der Waals surface area (Å²) in [6, 6.07) is 4.26. The van der Waals surface area contributed by atoms with Crippen molar-refractivity contribution in [2.75, 3.05) is 6.54 Å². The van der Waals surface area contributed by atoms with Gasteiger partial charge < -0.3 is 5.32 Å². The van der Waals surface area contributed by atoms with Gasteiger partial charge in [0, 0.05) is 6.42 Å². The van der Waals surface area contributed by atoms with Crippen LogP contribution in [0.2, 0.25) is 0 Å². The van der Waals surface area contributed by atoms with Crippen molar-refractivity contribution in [1.29, 1.82) is 0 Å². The van der Waals surface area contributed by atoms with Gasteiger partial charge in [0.1, 0.15) is 5.82 Å². The third-order valence-corrected chi connectivity index (χ3v) is 2.92. The first-order valence-electron chi connectivity index (χ1n) is 5.36. The third-order valence-electron chi connectivity index (χ3n) is 2.92. The van der Waals surface area contributed by atoms with Gasteiger partial charge in [-0.25, -0.2) is 13.2 Å². The predicted molar refractivity (Wildman–Crippen MR) is 55.9 cm³/mol. The van der Waals surface area contributed by atoms with E-state index < -0.39 is 17.8 Å². The van der Waals surface area contributed by atoms with Crippen molar-refractivity contribution in [3.63, 3.8) is 0 Å². The molecular formula is C12H14F3N. The van der Waals surface area contributed by atoms with Crippen molar-refractivity contribution in [1.82, 2.24) is 5.32 Å². The van der Waals surface area contributed by atoms with Crippen LogP contribution in [0.3, 0.4) is 0 Å². The molecule has 0 aromatic heterocycles. The number of piperidine rings is 1. The monoisotopic (exact) mass is 229 g/mol. The topological polar surface area (TPSA) is 12.0 Å². The van der Waals surface area contributed by atoms with Crippen LogP contribution in [0.25, 0.3) is 0 Å². The zero-order valence-corrected chi connectivity index (χ0v) is 9.01. The first-order valence-corrected chi connectivity index (χ1v) is 5.36. The lowest BCUT2D eigenvalue weighted by molar-refractivity contribution is -0.0763. The molecule has 4 heteroatoms. The molecule has 2 atom stereocenters. The highest BCUT2D eigenvalue weighted by Gasteiger charge is 2.44. The van der Waals surface area contributed by atoms with E-state index in [1.54, 1.807) is 6.92 Å². The number of alkyl halides is 2. The second-order valence-electron chi connectivity index (χ2n) is 4.46. The fraction of sp³-hybridized carbons (Fsp3) is 0.500. The Morgan fingerprint density at radius 3 is 2.44 bits per heavy atom. The Labute approximate surface area is 92.7 Å². The minimum Gasteiger partial charge on any atom is -0.305 e. The molecule has 0 amide bonds. The van der Waals surface area contributed by atoms with Crippen molar-refractivity contribution >= 4 is 0 Å². The third kappa shape index (κ3) is 2.21. The van der Waals surface area contributed by atoms with E-state index in [9.17, 15) is 13.2 Å². The molecule has 1 aromatic carbocycles. The van der Waals surface area contributed by atoms with E-state index in [-0.39, 0.29) is 12.3 Å². The van der Waals surface area contributed by atoms with Gasteiger partial charge in [0.05, 0.1) is 6.04 Å². The van der Waals surface area contributed by atoms with Gasteiger partial charge in [-0.1, -0.05) is 19.1 Å². The number of hydrogen-bond acceptors (Lipinski definition) is 1. The minimum atomic E-state index is -2.77. The SMILES string of the molecule is CC1CN[C@@H](c2ccc(F)cc2)C(F)(F)C1. The van der Waals surface area contributed by atoms with Crippen molar-refractivity contribution in [3.8, 4) is 0 Å². The first kappa shape index (κ1) is 11.5. The molecule has 1 saturated heterocycles. The van der Waals surface area contributed by atoms with Gasteiger partial charge in [-0.2, -0.15) is 0 Å². The van der Waals surface area contributed by atoms with Crippen molar-refractivity contribution in [3.05, 3.63) is 35.6 Å². The van der Waals surface area contributed by atoms with Crippen LogP contribution in [-0.4, -0.2) is 12.5 Å². The molecule has 0 aliphatic carbocycles. The Balaban J connectivity index is 2.23. The fourth-order valence-corrected chi connectivity index (χ4v) is 2.14. The molecule has 2 rings (SSSR count). The average Bonchev–Trinajstić information content (AvgIpc) is 2.18. The lowest BCUT2D eigenvalue weighted by Gasteiger charge is -2.35. The summed E-state index contributed by atoms with van der Waals surface area (Å²) < 4.78 is 40.2. The van der Waals surface area contributed by atoms with E-state index in [4.69, 9.17) is 0 Å². The Hall–Kier alpha value is -1.03. The zero-order valence-electron chi connectivity index (χ0n) is 9.01. The summed E-state index contributed by atoms with van der Waals surface area (Å²) in [7, 11) is 0. The quantitative estimate of drug-likeness (QED) is 0.780. The van der Waals surface area contributed by atoms with Crippen molar-refractivity contribution in [2.45, 2.75) is 25.3 Å². The number of hydrogen-bond donors (Lipinski definition) is 1. The van der Waals surface area contributed by atoms with Crippen molar-refractivity contribution in [2.24, 2.45) is 5.92 Å². The van der Waals surface area contributed by atoms with Crippen LogP contribution in [0.1, 0.15) is 24.9 Å². The van der Waals surface area contributed by atoms with E-state index in [0.717, 1.165) is 0 Å². The molecule has 1 heterocycles. The molecule has 1 nitrogen and oxygen atoms in total. The van der Waals surface area contributed by atoms with Crippen molar-refractivity contribution < 1.29 is 13.2 Å². The summed E-state index contributed by atoms with van der Waals surface area (Å²) in [5, 5.41) is 2.82. The van der Waals surface area contributed by atoms with Crippen LogP contribution in [0, 0.1) is 11.7 Å². The molecule has 0 bridgehead atoms. The maximum Gasteiger partial charge on any atom is 0.267 e. The van der Waals surface area contributed by atoms with E-state index in [2.05, 4.69) is 5.32 Å². The summed E-state index contributed by atoms with van der Waals surface area (Å²) in [5.41, 5.74) is 0.443. The van der Waals surface area contributed by atoms with Crippen LogP contribution in [0.5, 0.6) is 0 Å². The van der Waals surface area contributed by atoms with Gasteiger partial charge >= 0.3 is 0 Å². The lowest BCUT2D eigenvalue weighted by atomic mass is 9.88. The summed E-state index contributed by atoms with van der Waals surface area (Å²) in [6.07, 6.45) is -0.123. The number of benzene rings is 1. The Morgan fingerprint density at radius 2 is 1.88 bits per heavy atom. The summed E-state index contributed by atoms with van der Waals surface area (Å²) in [4.78, 5) is 0. The van der Waals surface area contributed by atoms with Crippen LogP contribution in [-0.2, 0) is 0 Å². The fourth-order valence-electron chi connectivity index (χ4n) is 2.14. The molecule has 88 valence electrons. The number of rotatable bonds is 1. The molecule has 1 N–H and O–H groups in total. The standard InChI is InChI=1S/C12H14F3N/c1-8-6-12(14,15)11(16-7-8)9-2-4-10(13)5-3-9/h2-5,8,11,16H,6-7H2,1H3/t8?,11-/m0/s1. The van der Waals surface area contributed by atoms with E-state index >= 15 is 0 Å². The van der Waals surface area contributed by atoms with Gasteiger partial charge in [-0.3, -0.25) is 0 Å². The Morgan fingerprint density at radius 1 is 1.25 bits per heavy atom. The van der Waals surface area contributed by atoms with E-state index in [0.29, 0.717) is 12.1 Å². The molecular weight excluding hydrogens is 215 g/mol. The molecule has 1 aliphatic rings. The van der Waals surface area contributed by atoms with Gasteiger partial charge in [-0.05, 0) is 30.2 Å². The van der Waals surface area contributed by atoms with Gasteiger partial charge in [-0.15, -0.1) is 0 Å². The number of nitrogens with one attached hydrogen (secondary N) is 1. The molecule has 1 fully saturated rings. The Bertz CT molecular complexity index is 361. The molecule has 0 radical (unpaired) electrons. The lowest BCUT2D eigenvalue weighted by Crippen LogP contribution is -2.46. The maximum absolute atomic E-state index is 13.7. The molecule has 1 unspecified atom stereocenters. The zero-order chi connectivity index (χ0) is 11.8. The van der Waals surface area contributed by atoms with E-state index in [1.165, 1.54) is 24.3 Å². The highest BCUT2D eigenvalue weighted by Crippen LogP contribution is 2.39. The van der Waals surface area contributed by atoms with Gasteiger partial charge in [0.2, 0.25) is 0 Å². The molecule has 1 aromatic rings. The van der Waals surface area contributed by atoms with Crippen LogP contribution < -0.4 is 5.32 Å².